The molecule has 0 fully saturated rings. The zero-order valence-electron chi connectivity index (χ0n) is 12.9. The summed E-state index contributed by atoms with van der Waals surface area (Å²) in [7, 11) is 0. The van der Waals surface area contributed by atoms with Crippen molar-refractivity contribution in [3.8, 4) is 5.75 Å². The van der Waals surface area contributed by atoms with Crippen LogP contribution in [0, 0.1) is 0 Å². The van der Waals surface area contributed by atoms with E-state index in [-0.39, 0.29) is 23.2 Å². The fourth-order valence-corrected chi connectivity index (χ4v) is 2.32. The van der Waals surface area contributed by atoms with Crippen LogP contribution in [-0.4, -0.2) is 38.0 Å². The third kappa shape index (κ3) is 3.62. The fourth-order valence-electron chi connectivity index (χ4n) is 2.21. The van der Waals surface area contributed by atoms with Gasteiger partial charge in [0.1, 0.15) is 5.60 Å². The molecule has 6 nitrogen and oxygen atoms in total. The Morgan fingerprint density at radius 2 is 2.32 bits per heavy atom. The number of fused-ring (bicyclic) bond motifs is 1. The average Bonchev–Trinajstić information content (AvgIpc) is 2.42. The molecular weight excluding hydrogens is 308 g/mol. The minimum Gasteiger partial charge on any atom is -0.481 e. The molecule has 0 saturated carbocycles. The number of alkyl halides is 1. The Labute approximate surface area is 134 Å². The number of carbonyl (C=O) groups is 1. The zero-order valence-corrected chi connectivity index (χ0v) is 13.7. The van der Waals surface area contributed by atoms with Crippen LogP contribution in [0.2, 0.25) is 0 Å². The van der Waals surface area contributed by atoms with Gasteiger partial charge in [0.05, 0.1) is 6.10 Å². The summed E-state index contributed by atoms with van der Waals surface area (Å²) in [5.74, 6) is -0.0520. The minimum atomic E-state index is -0.820. The summed E-state index contributed by atoms with van der Waals surface area (Å²) in [6.07, 6.45) is 1.79. The molecule has 2 rings (SSSR count). The molecule has 1 aliphatic heterocycles. The average molecular weight is 329 g/mol. The van der Waals surface area contributed by atoms with Crippen molar-refractivity contribution < 1.29 is 19.8 Å². The molecular formula is C15H21ClN2O4. The maximum absolute atomic E-state index is 11.9. The standard InChI is InChI=1S/C15H21ClN2O4/c1-9(16)4-5-12(20)17-14-13-10(6-7-18(14)21)8-11(19)15(2,3)22-13/h6-7,9,11,19,21H,4-5,8H2,1-3H3. The van der Waals surface area contributed by atoms with Crippen LogP contribution in [-0.2, 0) is 11.2 Å². The zero-order chi connectivity index (χ0) is 16.5. The number of aliphatic hydroxyl groups is 1. The molecule has 2 N–H and O–H groups in total. The number of hydrogen-bond acceptors (Lipinski definition) is 4. The largest absolute Gasteiger partial charge is 0.481 e. The van der Waals surface area contributed by atoms with Crippen LogP contribution in [0.25, 0.3) is 0 Å². The number of rotatable bonds is 3. The first-order valence-corrected chi connectivity index (χ1v) is 7.67. The van der Waals surface area contributed by atoms with Gasteiger partial charge in [0, 0.05) is 30.0 Å². The van der Waals surface area contributed by atoms with E-state index in [0.717, 1.165) is 4.73 Å². The van der Waals surface area contributed by atoms with Crippen molar-refractivity contribution in [2.24, 2.45) is 4.99 Å². The highest BCUT2D eigenvalue weighted by Gasteiger charge is 2.36. The van der Waals surface area contributed by atoms with Crippen molar-refractivity contribution in [3.63, 3.8) is 0 Å². The third-order valence-corrected chi connectivity index (χ3v) is 3.91. The number of halogens is 1. The van der Waals surface area contributed by atoms with Crippen LogP contribution < -0.4 is 10.2 Å². The van der Waals surface area contributed by atoms with Gasteiger partial charge in [-0.05, 0) is 33.3 Å². The molecule has 7 heteroatoms. The Morgan fingerprint density at radius 3 is 2.95 bits per heavy atom. The molecule has 0 radical (unpaired) electrons. The Kier molecular flexibility index (Phi) is 4.82. The van der Waals surface area contributed by atoms with Crippen LogP contribution in [0.3, 0.4) is 0 Å². The van der Waals surface area contributed by atoms with Gasteiger partial charge in [-0.3, -0.25) is 4.79 Å². The highest BCUT2D eigenvalue weighted by Crippen LogP contribution is 2.30. The lowest BCUT2D eigenvalue weighted by atomic mass is 9.92. The maximum atomic E-state index is 11.9. The van der Waals surface area contributed by atoms with Gasteiger partial charge >= 0.3 is 0 Å². The van der Waals surface area contributed by atoms with E-state index < -0.39 is 11.7 Å². The summed E-state index contributed by atoms with van der Waals surface area (Å²) in [4.78, 5) is 15.9. The van der Waals surface area contributed by atoms with E-state index in [1.807, 2.05) is 0 Å². The summed E-state index contributed by atoms with van der Waals surface area (Å²) >= 11 is 5.82. The van der Waals surface area contributed by atoms with Crippen molar-refractivity contribution in [2.75, 3.05) is 0 Å². The van der Waals surface area contributed by atoms with Crippen LogP contribution in [0.4, 0.5) is 0 Å². The van der Waals surface area contributed by atoms with E-state index in [4.69, 9.17) is 16.3 Å². The van der Waals surface area contributed by atoms with Gasteiger partial charge in [0.2, 0.25) is 11.4 Å². The summed E-state index contributed by atoms with van der Waals surface area (Å²) in [6, 6.07) is 1.64. The van der Waals surface area contributed by atoms with E-state index in [9.17, 15) is 15.1 Å². The lowest BCUT2D eigenvalue weighted by molar-refractivity contribution is -0.118. The van der Waals surface area contributed by atoms with Crippen LogP contribution in [0.1, 0.15) is 39.2 Å². The smallest absolute Gasteiger partial charge is 0.247 e. The lowest BCUT2D eigenvalue weighted by Crippen LogP contribution is -2.48. The van der Waals surface area contributed by atoms with E-state index in [1.54, 1.807) is 26.8 Å². The second kappa shape index (κ2) is 6.30. The first-order valence-electron chi connectivity index (χ1n) is 7.23. The van der Waals surface area contributed by atoms with E-state index >= 15 is 0 Å². The number of amides is 1. The van der Waals surface area contributed by atoms with Crippen LogP contribution >= 0.6 is 11.6 Å². The third-order valence-electron chi connectivity index (χ3n) is 3.70. The summed E-state index contributed by atoms with van der Waals surface area (Å²) in [5.41, 5.74) is -0.0710. The van der Waals surface area contributed by atoms with Crippen LogP contribution in [0.15, 0.2) is 17.3 Å². The van der Waals surface area contributed by atoms with E-state index in [0.29, 0.717) is 24.2 Å². The van der Waals surface area contributed by atoms with Crippen molar-refractivity contribution in [3.05, 3.63) is 23.3 Å². The van der Waals surface area contributed by atoms with Gasteiger partial charge in [-0.1, -0.05) is 0 Å². The first kappa shape index (κ1) is 16.8. The number of ether oxygens (including phenoxy) is 1. The normalized spacial score (nSPS) is 21.9. The number of nitrogens with zero attached hydrogens (tertiary/aromatic N) is 2. The molecule has 2 unspecified atom stereocenters. The van der Waals surface area contributed by atoms with E-state index in [1.165, 1.54) is 6.20 Å². The molecule has 0 aliphatic carbocycles. The molecule has 22 heavy (non-hydrogen) atoms. The first-order chi connectivity index (χ1) is 10.2. The Hall–Kier alpha value is -1.53. The number of hydrogen-bond donors (Lipinski definition) is 2. The van der Waals surface area contributed by atoms with E-state index in [2.05, 4.69) is 4.99 Å². The second-order valence-electron chi connectivity index (χ2n) is 6.09. The molecule has 1 aromatic rings. The molecule has 2 heterocycles. The molecule has 0 saturated heterocycles. The predicted molar refractivity (Wildman–Crippen MR) is 81.2 cm³/mol. The Bertz CT molecular complexity index is 637. The van der Waals surface area contributed by atoms with Crippen LogP contribution in [0.5, 0.6) is 5.75 Å². The van der Waals surface area contributed by atoms with Gasteiger partial charge in [-0.25, -0.2) is 0 Å². The molecule has 2 atom stereocenters. The fraction of sp³-hybridized carbons (Fsp3) is 0.600. The minimum absolute atomic E-state index is 0.0460. The number of pyridine rings is 1. The molecule has 1 aliphatic rings. The maximum Gasteiger partial charge on any atom is 0.247 e. The molecule has 0 spiro atoms. The monoisotopic (exact) mass is 328 g/mol. The van der Waals surface area contributed by atoms with Crippen molar-refractivity contribution in [1.82, 2.24) is 4.73 Å². The SMILES string of the molecule is CC(Cl)CCC(=O)N=c1c2c(ccn1O)CC(O)C(C)(C)O2. The molecule has 0 aromatic carbocycles. The van der Waals surface area contributed by atoms with Gasteiger partial charge in [-0.2, -0.15) is 9.72 Å². The topological polar surface area (TPSA) is 84.1 Å². The highest BCUT2D eigenvalue weighted by molar-refractivity contribution is 6.20. The van der Waals surface area contributed by atoms with Gasteiger partial charge in [0.15, 0.2) is 5.75 Å². The Balaban J connectivity index is 2.41. The van der Waals surface area contributed by atoms with Crippen molar-refractivity contribution >= 4 is 17.5 Å². The van der Waals surface area contributed by atoms with Crippen molar-refractivity contribution in [1.29, 1.82) is 0 Å². The molecule has 1 amide bonds. The van der Waals surface area contributed by atoms with Gasteiger partial charge < -0.3 is 15.1 Å². The second-order valence-corrected chi connectivity index (χ2v) is 6.83. The summed E-state index contributed by atoms with van der Waals surface area (Å²) in [5, 5.41) is 19.9. The molecule has 0 bridgehead atoms. The quantitative estimate of drug-likeness (QED) is 0.652. The molecule has 122 valence electrons. The lowest BCUT2D eigenvalue weighted by Gasteiger charge is -2.36. The summed E-state index contributed by atoms with van der Waals surface area (Å²) in [6.45, 7) is 5.30. The summed E-state index contributed by atoms with van der Waals surface area (Å²) < 4.78 is 6.53. The molecule has 1 aromatic heterocycles. The highest BCUT2D eigenvalue weighted by atomic mass is 35.5. The number of aliphatic hydroxyl groups excluding tert-OH is 1. The predicted octanol–water partition coefficient (Wildman–Crippen LogP) is 1.63. The number of carbonyl (C=O) groups excluding carboxylic acids is 1. The Morgan fingerprint density at radius 1 is 1.64 bits per heavy atom. The number of aromatic nitrogens is 1. The van der Waals surface area contributed by atoms with Crippen molar-refractivity contribution in [2.45, 2.75) is 57.1 Å². The van der Waals surface area contributed by atoms with Gasteiger partial charge in [-0.15, -0.1) is 11.6 Å². The van der Waals surface area contributed by atoms with Gasteiger partial charge in [0.25, 0.3) is 0 Å².